The first-order valence-corrected chi connectivity index (χ1v) is 14.0. The van der Waals surface area contributed by atoms with Crippen molar-refractivity contribution in [3.05, 3.63) is 82.9 Å². The molecule has 2 aliphatic heterocycles. The number of likely N-dealkylation sites (tertiary alicyclic amines) is 1. The Labute approximate surface area is 237 Å². The first-order valence-electron chi connectivity index (χ1n) is 13.7. The second-order valence-electron chi connectivity index (χ2n) is 10.4. The Hall–Kier alpha value is -3.66. The summed E-state index contributed by atoms with van der Waals surface area (Å²) in [7, 11) is 0. The molecule has 0 spiro atoms. The number of piperidine rings is 1. The molecule has 208 valence electrons. The molecule has 0 unspecified atom stereocenters. The molecule has 0 radical (unpaired) electrons. The third kappa shape index (κ3) is 6.22. The van der Waals surface area contributed by atoms with Crippen LogP contribution in [0.25, 0.3) is 11.0 Å². The maximum Gasteiger partial charge on any atom is 0.335 e. The SMILES string of the molecule is O=C(O)c1ccc2nc(CN3CCC(Nc4cccc(OCc5ccc(Cl)cn5)c4)CC3)n(C[C@@H]3CCO3)c2c1. The standard InChI is InChI=1S/C30H32ClN5O4/c31-21-5-6-24(32-16-21)19-40-25-3-1-2-23(15-25)33-22-8-11-35(12-9-22)18-29-34-27-7-4-20(30(37)38)14-28(27)36(29)17-26-10-13-39-26/h1-7,14-16,22,26,33H,8-13,17-19H2,(H,37,38)/t26-/m0/s1. The first-order chi connectivity index (χ1) is 19.5. The van der Waals surface area contributed by atoms with Crippen molar-refractivity contribution in [1.29, 1.82) is 0 Å². The summed E-state index contributed by atoms with van der Waals surface area (Å²) < 4.78 is 13.8. The number of carboxylic acids is 1. The fourth-order valence-corrected chi connectivity index (χ4v) is 5.37. The highest BCUT2D eigenvalue weighted by atomic mass is 35.5. The van der Waals surface area contributed by atoms with E-state index in [1.807, 2.05) is 30.3 Å². The van der Waals surface area contributed by atoms with E-state index in [-0.39, 0.29) is 11.7 Å². The third-order valence-electron chi connectivity index (χ3n) is 7.59. The number of hydrogen-bond acceptors (Lipinski definition) is 7. The number of aromatic nitrogens is 3. The maximum atomic E-state index is 11.6. The number of halogens is 1. The van der Waals surface area contributed by atoms with Crippen molar-refractivity contribution in [1.82, 2.24) is 19.4 Å². The fraction of sp³-hybridized carbons (Fsp3) is 0.367. The van der Waals surface area contributed by atoms with Crippen LogP contribution in [0.4, 0.5) is 5.69 Å². The van der Waals surface area contributed by atoms with Gasteiger partial charge in [0.2, 0.25) is 0 Å². The number of aromatic carboxylic acids is 1. The van der Waals surface area contributed by atoms with Crippen LogP contribution in [0.15, 0.2) is 60.8 Å². The largest absolute Gasteiger partial charge is 0.487 e. The van der Waals surface area contributed by atoms with Crippen molar-refractivity contribution in [3.63, 3.8) is 0 Å². The summed E-state index contributed by atoms with van der Waals surface area (Å²) in [4.78, 5) is 23.2. The average molecular weight is 562 g/mol. The number of nitrogens with one attached hydrogen (secondary N) is 1. The van der Waals surface area contributed by atoms with Crippen molar-refractivity contribution < 1.29 is 19.4 Å². The summed E-state index contributed by atoms with van der Waals surface area (Å²) in [6.07, 6.45) is 4.81. The molecule has 2 N–H and O–H groups in total. The van der Waals surface area contributed by atoms with Crippen LogP contribution >= 0.6 is 11.6 Å². The van der Waals surface area contributed by atoms with Crippen molar-refractivity contribution in [2.45, 2.75) is 51.1 Å². The van der Waals surface area contributed by atoms with E-state index in [4.69, 9.17) is 26.1 Å². The van der Waals surface area contributed by atoms with E-state index in [1.54, 1.807) is 24.4 Å². The lowest BCUT2D eigenvalue weighted by molar-refractivity contribution is -0.0592. The lowest BCUT2D eigenvalue weighted by atomic mass is 10.0. The Kier molecular flexibility index (Phi) is 7.86. The summed E-state index contributed by atoms with van der Waals surface area (Å²) in [5, 5.41) is 13.8. The van der Waals surface area contributed by atoms with Gasteiger partial charge in [-0.15, -0.1) is 0 Å². The predicted molar refractivity (Wildman–Crippen MR) is 153 cm³/mol. The molecule has 0 bridgehead atoms. The van der Waals surface area contributed by atoms with Crippen LogP contribution in [-0.4, -0.2) is 62.4 Å². The van der Waals surface area contributed by atoms with Gasteiger partial charge in [0.15, 0.2) is 0 Å². The summed E-state index contributed by atoms with van der Waals surface area (Å²) >= 11 is 5.91. The maximum absolute atomic E-state index is 11.6. The number of fused-ring (bicyclic) bond motifs is 1. The van der Waals surface area contributed by atoms with Crippen LogP contribution in [0.3, 0.4) is 0 Å². The lowest BCUT2D eigenvalue weighted by Crippen LogP contribution is -2.39. The third-order valence-corrected chi connectivity index (χ3v) is 7.81. The summed E-state index contributed by atoms with van der Waals surface area (Å²) in [5.74, 6) is 0.820. The molecule has 2 saturated heterocycles. The van der Waals surface area contributed by atoms with Gasteiger partial charge in [0.05, 0.1) is 46.5 Å². The number of pyridine rings is 1. The normalized spacial score (nSPS) is 18.0. The molecule has 4 aromatic rings. The van der Waals surface area contributed by atoms with E-state index in [9.17, 15) is 9.90 Å². The van der Waals surface area contributed by atoms with Gasteiger partial charge in [0, 0.05) is 43.7 Å². The first kappa shape index (κ1) is 26.6. The number of rotatable bonds is 10. The minimum Gasteiger partial charge on any atom is -0.487 e. The van der Waals surface area contributed by atoms with Crippen LogP contribution in [-0.2, 0) is 24.4 Å². The number of carboxylic acid groups (broad SMARTS) is 1. The van der Waals surface area contributed by atoms with Crippen LogP contribution < -0.4 is 10.1 Å². The van der Waals surface area contributed by atoms with E-state index in [0.29, 0.717) is 24.2 Å². The molecule has 0 saturated carbocycles. The predicted octanol–water partition coefficient (Wildman–Crippen LogP) is 5.23. The van der Waals surface area contributed by atoms with Crippen molar-refractivity contribution >= 4 is 34.3 Å². The number of carbonyl (C=O) groups is 1. The highest BCUT2D eigenvalue weighted by Crippen LogP contribution is 2.26. The number of nitrogens with zero attached hydrogens (tertiary/aromatic N) is 4. The number of anilines is 1. The number of ether oxygens (including phenoxy) is 2. The smallest absolute Gasteiger partial charge is 0.335 e. The fourth-order valence-electron chi connectivity index (χ4n) is 5.26. The van der Waals surface area contributed by atoms with Gasteiger partial charge in [0.1, 0.15) is 18.2 Å². The van der Waals surface area contributed by atoms with Crippen molar-refractivity contribution in [3.8, 4) is 5.75 Å². The molecule has 2 aromatic carbocycles. The van der Waals surface area contributed by atoms with E-state index in [2.05, 4.69) is 25.8 Å². The van der Waals surface area contributed by atoms with E-state index >= 15 is 0 Å². The number of imidazole rings is 1. The van der Waals surface area contributed by atoms with Gasteiger partial charge < -0.3 is 24.5 Å². The molecule has 0 amide bonds. The summed E-state index contributed by atoms with van der Waals surface area (Å²) in [6, 6.07) is 17.2. The highest BCUT2D eigenvalue weighted by Gasteiger charge is 2.25. The minimum atomic E-state index is -0.929. The molecule has 2 aromatic heterocycles. The summed E-state index contributed by atoms with van der Waals surface area (Å²) in [5.41, 5.74) is 3.82. The lowest BCUT2D eigenvalue weighted by Gasteiger charge is -2.33. The monoisotopic (exact) mass is 561 g/mol. The Morgan fingerprint density at radius 3 is 2.70 bits per heavy atom. The molecular formula is C30H32ClN5O4. The Bertz CT molecular complexity index is 1480. The number of benzene rings is 2. The average Bonchev–Trinajstić information content (AvgIpc) is 3.27. The quantitative estimate of drug-likeness (QED) is 0.271. The summed E-state index contributed by atoms with van der Waals surface area (Å²) in [6.45, 7) is 4.47. The van der Waals surface area contributed by atoms with E-state index < -0.39 is 5.97 Å². The molecular weight excluding hydrogens is 530 g/mol. The van der Waals surface area contributed by atoms with Crippen LogP contribution in [0.5, 0.6) is 5.75 Å². The zero-order valence-electron chi connectivity index (χ0n) is 22.1. The molecule has 6 rings (SSSR count). The molecule has 9 nitrogen and oxygen atoms in total. The van der Waals surface area contributed by atoms with E-state index in [1.165, 1.54) is 0 Å². The Morgan fingerprint density at radius 1 is 1.12 bits per heavy atom. The molecule has 2 aliphatic rings. The van der Waals surface area contributed by atoms with Gasteiger partial charge in [-0.2, -0.15) is 0 Å². The van der Waals surface area contributed by atoms with E-state index in [0.717, 1.165) is 79.5 Å². The molecule has 10 heteroatoms. The minimum absolute atomic E-state index is 0.154. The molecule has 40 heavy (non-hydrogen) atoms. The van der Waals surface area contributed by atoms with Crippen LogP contribution in [0.1, 0.15) is 41.1 Å². The van der Waals surface area contributed by atoms with Gasteiger partial charge in [-0.25, -0.2) is 9.78 Å². The Morgan fingerprint density at radius 2 is 1.98 bits per heavy atom. The molecule has 2 fully saturated rings. The van der Waals surface area contributed by atoms with Crippen molar-refractivity contribution in [2.75, 3.05) is 25.0 Å². The topological polar surface area (TPSA) is 102 Å². The van der Waals surface area contributed by atoms with Gasteiger partial charge in [0.25, 0.3) is 0 Å². The van der Waals surface area contributed by atoms with Gasteiger partial charge in [-0.3, -0.25) is 9.88 Å². The van der Waals surface area contributed by atoms with Crippen LogP contribution in [0, 0.1) is 0 Å². The van der Waals surface area contributed by atoms with Gasteiger partial charge in [-0.05, 0) is 61.7 Å². The second kappa shape index (κ2) is 11.8. The van der Waals surface area contributed by atoms with Crippen molar-refractivity contribution in [2.24, 2.45) is 0 Å². The molecule has 4 heterocycles. The Balaban J connectivity index is 1.06. The zero-order valence-corrected chi connectivity index (χ0v) is 22.9. The van der Waals surface area contributed by atoms with Gasteiger partial charge >= 0.3 is 5.97 Å². The second-order valence-corrected chi connectivity index (χ2v) is 10.8. The zero-order chi connectivity index (χ0) is 27.5. The van der Waals surface area contributed by atoms with Crippen LogP contribution in [0.2, 0.25) is 5.02 Å². The van der Waals surface area contributed by atoms with Gasteiger partial charge in [-0.1, -0.05) is 17.7 Å². The molecule has 0 aliphatic carbocycles. The molecule has 1 atom stereocenters. The highest BCUT2D eigenvalue weighted by molar-refractivity contribution is 6.30. The number of hydrogen-bond donors (Lipinski definition) is 2.